The zero-order valence-electron chi connectivity index (χ0n) is 19.9. The van der Waals surface area contributed by atoms with Crippen molar-refractivity contribution in [3.05, 3.63) is 41.5 Å². The highest BCUT2D eigenvalue weighted by Gasteiger charge is 2.27. The summed E-state index contributed by atoms with van der Waals surface area (Å²) in [4.78, 5) is 28.4. The highest BCUT2D eigenvalue weighted by atomic mass is 16.5. The second-order valence-corrected chi connectivity index (χ2v) is 7.46. The van der Waals surface area contributed by atoms with E-state index in [1.165, 1.54) is 21.3 Å². The minimum absolute atomic E-state index is 0.143. The van der Waals surface area contributed by atoms with E-state index in [4.69, 9.17) is 23.7 Å². The van der Waals surface area contributed by atoms with Crippen molar-refractivity contribution >= 4 is 17.5 Å². The zero-order chi connectivity index (χ0) is 24.5. The van der Waals surface area contributed by atoms with Gasteiger partial charge in [-0.05, 0) is 24.3 Å². The van der Waals surface area contributed by atoms with Crippen LogP contribution in [0.4, 0.5) is 5.69 Å². The Kier molecular flexibility index (Phi) is 8.94. The number of benzene rings is 2. The quantitative estimate of drug-likeness (QED) is 0.540. The van der Waals surface area contributed by atoms with Crippen molar-refractivity contribution in [2.24, 2.45) is 0 Å². The van der Waals surface area contributed by atoms with Gasteiger partial charge < -0.3 is 34.3 Å². The van der Waals surface area contributed by atoms with Gasteiger partial charge in [0, 0.05) is 37.8 Å². The number of carbonyl (C=O) groups is 2. The maximum absolute atomic E-state index is 13.3. The Morgan fingerprint density at radius 3 is 2.18 bits per heavy atom. The maximum atomic E-state index is 13.3. The van der Waals surface area contributed by atoms with Gasteiger partial charge in [-0.3, -0.25) is 14.5 Å². The fourth-order valence-electron chi connectivity index (χ4n) is 3.66. The molecular weight excluding hydrogens is 442 g/mol. The van der Waals surface area contributed by atoms with Crippen molar-refractivity contribution < 1.29 is 33.3 Å². The molecule has 1 aliphatic heterocycles. The van der Waals surface area contributed by atoms with E-state index in [0.717, 1.165) is 13.1 Å². The molecule has 2 N–H and O–H groups in total. The topological polar surface area (TPSA) is 108 Å². The summed E-state index contributed by atoms with van der Waals surface area (Å²) in [5.41, 5.74) is 0.774. The molecule has 0 spiro atoms. The second kappa shape index (κ2) is 12.1. The van der Waals surface area contributed by atoms with Gasteiger partial charge in [-0.1, -0.05) is 0 Å². The van der Waals surface area contributed by atoms with Gasteiger partial charge in [0.25, 0.3) is 11.8 Å². The fourth-order valence-corrected chi connectivity index (χ4v) is 3.66. The SMILES string of the molecule is COc1ccc(C(=O)Nc2cc(OC)c(OC)c(OC)c2C(=O)NCCN2CCOCC2)cc1. The van der Waals surface area contributed by atoms with Crippen LogP contribution in [0, 0.1) is 0 Å². The lowest BCUT2D eigenvalue weighted by Gasteiger charge is -2.26. The number of anilines is 1. The van der Waals surface area contributed by atoms with Gasteiger partial charge in [0.15, 0.2) is 11.5 Å². The molecule has 0 aromatic heterocycles. The summed E-state index contributed by atoms with van der Waals surface area (Å²) in [6, 6.07) is 8.18. The van der Waals surface area contributed by atoms with Crippen LogP contribution in [0.25, 0.3) is 0 Å². The predicted octanol–water partition coefficient (Wildman–Crippen LogP) is 2.04. The van der Waals surface area contributed by atoms with Crippen LogP contribution in [-0.4, -0.2) is 84.5 Å². The Bertz CT molecular complexity index is 989. The van der Waals surface area contributed by atoms with E-state index < -0.39 is 11.8 Å². The first-order valence-corrected chi connectivity index (χ1v) is 10.9. The monoisotopic (exact) mass is 473 g/mol. The largest absolute Gasteiger partial charge is 0.497 e. The number of methoxy groups -OCH3 is 4. The Hall–Kier alpha value is -3.50. The molecule has 2 aromatic carbocycles. The zero-order valence-corrected chi connectivity index (χ0v) is 19.9. The molecule has 0 aliphatic carbocycles. The van der Waals surface area contributed by atoms with Crippen LogP contribution >= 0.6 is 0 Å². The third kappa shape index (κ3) is 5.89. The highest BCUT2D eigenvalue weighted by molar-refractivity contribution is 6.11. The number of carbonyl (C=O) groups excluding carboxylic acids is 2. The average Bonchev–Trinajstić information content (AvgIpc) is 2.88. The van der Waals surface area contributed by atoms with Gasteiger partial charge in [0.1, 0.15) is 11.3 Å². The van der Waals surface area contributed by atoms with Crippen molar-refractivity contribution in [1.82, 2.24) is 10.2 Å². The summed E-state index contributed by atoms with van der Waals surface area (Å²) in [6.45, 7) is 4.09. The van der Waals surface area contributed by atoms with E-state index in [0.29, 0.717) is 43.4 Å². The molecule has 1 saturated heterocycles. The minimum Gasteiger partial charge on any atom is -0.497 e. The molecule has 10 nitrogen and oxygen atoms in total. The van der Waals surface area contributed by atoms with E-state index in [2.05, 4.69) is 15.5 Å². The van der Waals surface area contributed by atoms with Crippen LogP contribution in [0.3, 0.4) is 0 Å². The van der Waals surface area contributed by atoms with Crippen molar-refractivity contribution in [2.45, 2.75) is 0 Å². The number of rotatable bonds is 10. The lowest BCUT2D eigenvalue weighted by atomic mass is 10.1. The van der Waals surface area contributed by atoms with Crippen molar-refractivity contribution in [3.63, 3.8) is 0 Å². The smallest absolute Gasteiger partial charge is 0.257 e. The summed E-state index contributed by atoms with van der Waals surface area (Å²) < 4.78 is 26.9. The molecule has 0 atom stereocenters. The summed E-state index contributed by atoms with van der Waals surface area (Å²) in [5, 5.41) is 5.72. The molecule has 10 heteroatoms. The van der Waals surface area contributed by atoms with E-state index >= 15 is 0 Å². The van der Waals surface area contributed by atoms with E-state index in [9.17, 15) is 9.59 Å². The van der Waals surface area contributed by atoms with Gasteiger partial charge in [0.2, 0.25) is 5.75 Å². The molecule has 1 aliphatic rings. The van der Waals surface area contributed by atoms with Gasteiger partial charge in [-0.2, -0.15) is 0 Å². The maximum Gasteiger partial charge on any atom is 0.257 e. The second-order valence-electron chi connectivity index (χ2n) is 7.46. The molecule has 1 heterocycles. The van der Waals surface area contributed by atoms with Gasteiger partial charge in [-0.25, -0.2) is 0 Å². The van der Waals surface area contributed by atoms with Crippen LogP contribution in [0.5, 0.6) is 23.0 Å². The fraction of sp³-hybridized carbons (Fsp3) is 0.417. The van der Waals surface area contributed by atoms with E-state index in [1.807, 2.05) is 0 Å². The van der Waals surface area contributed by atoms with Crippen molar-refractivity contribution in [2.75, 3.05) is 73.1 Å². The lowest BCUT2D eigenvalue weighted by molar-refractivity contribution is 0.0383. The minimum atomic E-state index is -0.406. The Morgan fingerprint density at radius 1 is 0.912 bits per heavy atom. The lowest BCUT2D eigenvalue weighted by Crippen LogP contribution is -2.41. The van der Waals surface area contributed by atoms with Crippen molar-refractivity contribution in [1.29, 1.82) is 0 Å². The van der Waals surface area contributed by atoms with Crippen LogP contribution in [-0.2, 0) is 4.74 Å². The molecule has 0 bridgehead atoms. The Labute approximate surface area is 199 Å². The molecule has 0 unspecified atom stereocenters. The molecule has 0 radical (unpaired) electrons. The first-order chi connectivity index (χ1) is 16.5. The van der Waals surface area contributed by atoms with Crippen LogP contribution in [0.1, 0.15) is 20.7 Å². The number of amides is 2. The number of hydrogen-bond acceptors (Lipinski definition) is 8. The summed E-state index contributed by atoms with van der Waals surface area (Å²) in [5.74, 6) is 0.552. The molecule has 3 rings (SSSR count). The molecule has 2 amide bonds. The predicted molar refractivity (Wildman–Crippen MR) is 127 cm³/mol. The highest BCUT2D eigenvalue weighted by Crippen LogP contribution is 2.44. The van der Waals surface area contributed by atoms with Gasteiger partial charge >= 0.3 is 0 Å². The van der Waals surface area contributed by atoms with Gasteiger partial charge in [-0.15, -0.1) is 0 Å². The number of nitrogens with zero attached hydrogens (tertiary/aromatic N) is 1. The molecule has 2 aromatic rings. The summed E-state index contributed by atoms with van der Waals surface area (Å²) in [6.07, 6.45) is 0. The molecule has 0 saturated carbocycles. The number of ether oxygens (including phenoxy) is 5. The third-order valence-corrected chi connectivity index (χ3v) is 5.47. The molecular formula is C24H31N3O7. The molecule has 184 valence electrons. The van der Waals surface area contributed by atoms with Crippen LogP contribution < -0.4 is 29.6 Å². The molecule has 1 fully saturated rings. The Balaban J connectivity index is 1.88. The van der Waals surface area contributed by atoms with Crippen LogP contribution in [0.2, 0.25) is 0 Å². The Morgan fingerprint density at radius 2 is 1.59 bits per heavy atom. The summed E-state index contributed by atoms with van der Waals surface area (Å²) in [7, 11) is 5.90. The normalized spacial score (nSPS) is 13.6. The van der Waals surface area contributed by atoms with Crippen molar-refractivity contribution in [3.8, 4) is 23.0 Å². The van der Waals surface area contributed by atoms with Gasteiger partial charge in [0.05, 0.1) is 47.3 Å². The third-order valence-electron chi connectivity index (χ3n) is 5.47. The number of morpholine rings is 1. The van der Waals surface area contributed by atoms with E-state index in [1.54, 1.807) is 37.4 Å². The number of hydrogen-bond donors (Lipinski definition) is 2. The standard InChI is InChI=1S/C24H31N3O7/c1-30-17-7-5-16(6-8-17)23(28)26-18-15-19(31-2)21(32-3)22(33-4)20(18)24(29)25-9-10-27-11-13-34-14-12-27/h5-8,15H,9-14H2,1-4H3,(H,25,29)(H,26,28). The molecule has 34 heavy (non-hydrogen) atoms. The first kappa shape index (κ1) is 25.1. The first-order valence-electron chi connectivity index (χ1n) is 10.9. The van der Waals surface area contributed by atoms with Crippen LogP contribution in [0.15, 0.2) is 30.3 Å². The average molecular weight is 474 g/mol. The summed E-state index contributed by atoms with van der Waals surface area (Å²) >= 11 is 0. The van der Waals surface area contributed by atoms with E-state index in [-0.39, 0.29) is 22.7 Å². The number of nitrogens with one attached hydrogen (secondary N) is 2.